The minimum Gasteiger partial charge on any atom is -0.316 e. The van der Waals surface area contributed by atoms with Crippen molar-refractivity contribution in [3.63, 3.8) is 0 Å². The summed E-state index contributed by atoms with van der Waals surface area (Å²) in [5.74, 6) is 0. The van der Waals surface area contributed by atoms with Gasteiger partial charge < -0.3 is 5.73 Å². The van der Waals surface area contributed by atoms with Crippen LogP contribution in [0.15, 0.2) is 0 Å². The van der Waals surface area contributed by atoms with E-state index >= 15 is 0 Å². The Kier molecular flexibility index (Phi) is 7.87. The van der Waals surface area contributed by atoms with Crippen LogP contribution < -0.4 is 11.1 Å². The molecule has 2 nitrogen and oxygen atoms in total. The average molecular weight is 226 g/mol. The molecule has 0 aromatic rings. The number of unbranched alkanes of at least 4 members (excludes halogenated alkanes) is 4. The van der Waals surface area contributed by atoms with Crippen LogP contribution >= 0.6 is 0 Å². The fraction of sp³-hybridized carbons (Fsp3) is 1.00. The first-order chi connectivity index (χ1) is 7.83. The Morgan fingerprint density at radius 3 is 2.44 bits per heavy atom. The highest BCUT2D eigenvalue weighted by atomic mass is 15.0. The van der Waals surface area contributed by atoms with Crippen molar-refractivity contribution in [1.82, 2.24) is 5.32 Å². The van der Waals surface area contributed by atoms with Crippen LogP contribution in [0, 0.1) is 0 Å². The van der Waals surface area contributed by atoms with Gasteiger partial charge in [0.1, 0.15) is 0 Å². The molecule has 1 aliphatic rings. The molecule has 1 rings (SSSR count). The van der Waals surface area contributed by atoms with Crippen LogP contribution in [0.3, 0.4) is 0 Å². The third-order valence-electron chi connectivity index (χ3n) is 3.67. The quantitative estimate of drug-likeness (QED) is 0.490. The fourth-order valence-electron chi connectivity index (χ4n) is 2.62. The molecule has 3 N–H and O–H groups in total. The summed E-state index contributed by atoms with van der Waals surface area (Å²) in [7, 11) is 0. The average Bonchev–Trinajstić information content (AvgIpc) is 2.30. The molecule has 1 atom stereocenters. The van der Waals surface area contributed by atoms with E-state index in [1.165, 1.54) is 64.2 Å². The molecule has 0 aliphatic heterocycles. The molecule has 2 heteroatoms. The zero-order valence-electron chi connectivity index (χ0n) is 11.0. The molecule has 0 aromatic carbocycles. The van der Waals surface area contributed by atoms with Gasteiger partial charge in [-0.05, 0) is 19.3 Å². The first-order valence-corrected chi connectivity index (χ1v) is 7.34. The van der Waals surface area contributed by atoms with Crippen LogP contribution in [0.4, 0.5) is 0 Å². The highest BCUT2D eigenvalue weighted by Crippen LogP contribution is 2.18. The standard InChI is InChI=1S/C14H30N2/c1-2-3-4-5-9-12-14(15)16-13-10-7-6-8-11-13/h13-14,16H,2-12,15H2,1H3. The molecule has 1 aliphatic carbocycles. The largest absolute Gasteiger partial charge is 0.316 e. The van der Waals surface area contributed by atoms with Crippen molar-refractivity contribution in [2.45, 2.75) is 89.8 Å². The summed E-state index contributed by atoms with van der Waals surface area (Å²) in [6.07, 6.45) is 15.0. The maximum absolute atomic E-state index is 6.11. The van der Waals surface area contributed by atoms with Gasteiger partial charge in [0.15, 0.2) is 0 Å². The lowest BCUT2D eigenvalue weighted by atomic mass is 9.95. The summed E-state index contributed by atoms with van der Waals surface area (Å²) in [5.41, 5.74) is 6.11. The summed E-state index contributed by atoms with van der Waals surface area (Å²) in [6, 6.07) is 0.708. The summed E-state index contributed by atoms with van der Waals surface area (Å²) in [4.78, 5) is 0. The Morgan fingerprint density at radius 1 is 1.06 bits per heavy atom. The van der Waals surface area contributed by atoms with Crippen molar-refractivity contribution in [2.75, 3.05) is 0 Å². The summed E-state index contributed by atoms with van der Waals surface area (Å²) >= 11 is 0. The Hall–Kier alpha value is -0.0800. The summed E-state index contributed by atoms with van der Waals surface area (Å²) < 4.78 is 0. The number of rotatable bonds is 8. The lowest BCUT2D eigenvalue weighted by Gasteiger charge is -2.26. The van der Waals surface area contributed by atoms with Crippen molar-refractivity contribution in [3.05, 3.63) is 0 Å². The first kappa shape index (κ1) is 14.0. The number of nitrogens with two attached hydrogens (primary N) is 1. The van der Waals surface area contributed by atoms with Gasteiger partial charge >= 0.3 is 0 Å². The Bertz CT molecular complexity index is 153. The fourth-order valence-corrected chi connectivity index (χ4v) is 2.62. The first-order valence-electron chi connectivity index (χ1n) is 7.34. The summed E-state index contributed by atoms with van der Waals surface area (Å²) in [6.45, 7) is 2.26. The van der Waals surface area contributed by atoms with Gasteiger partial charge in [-0.25, -0.2) is 0 Å². The lowest BCUT2D eigenvalue weighted by molar-refractivity contribution is 0.326. The van der Waals surface area contributed by atoms with Crippen molar-refractivity contribution < 1.29 is 0 Å². The van der Waals surface area contributed by atoms with E-state index in [0.29, 0.717) is 6.04 Å². The SMILES string of the molecule is CCCCCCCC(N)NC1CCCCC1. The maximum atomic E-state index is 6.11. The molecular formula is C14H30N2. The van der Waals surface area contributed by atoms with Gasteiger partial charge in [0.05, 0.1) is 6.17 Å². The Morgan fingerprint density at radius 2 is 1.75 bits per heavy atom. The van der Waals surface area contributed by atoms with E-state index in [2.05, 4.69) is 12.2 Å². The monoisotopic (exact) mass is 226 g/mol. The number of hydrogen-bond donors (Lipinski definition) is 2. The minimum atomic E-state index is 0.240. The van der Waals surface area contributed by atoms with Gasteiger partial charge in [0.2, 0.25) is 0 Å². The highest BCUT2D eigenvalue weighted by molar-refractivity contribution is 4.74. The Balaban J connectivity index is 1.95. The van der Waals surface area contributed by atoms with Gasteiger partial charge in [-0.3, -0.25) is 5.32 Å². The molecule has 0 amide bonds. The minimum absolute atomic E-state index is 0.240. The normalized spacial score (nSPS) is 19.9. The predicted molar refractivity (Wildman–Crippen MR) is 71.4 cm³/mol. The van der Waals surface area contributed by atoms with Crippen LogP contribution in [0.2, 0.25) is 0 Å². The van der Waals surface area contributed by atoms with Gasteiger partial charge in [-0.2, -0.15) is 0 Å². The van der Waals surface area contributed by atoms with Crippen molar-refractivity contribution >= 4 is 0 Å². The smallest absolute Gasteiger partial charge is 0.0548 e. The number of nitrogens with one attached hydrogen (secondary N) is 1. The van der Waals surface area contributed by atoms with E-state index < -0.39 is 0 Å². The molecule has 0 heterocycles. The van der Waals surface area contributed by atoms with Gasteiger partial charge in [-0.1, -0.05) is 58.3 Å². The van der Waals surface area contributed by atoms with Crippen LogP contribution in [0.5, 0.6) is 0 Å². The molecule has 1 fully saturated rings. The zero-order valence-corrected chi connectivity index (χ0v) is 11.0. The van der Waals surface area contributed by atoms with Crippen LogP contribution in [-0.2, 0) is 0 Å². The van der Waals surface area contributed by atoms with Crippen LogP contribution in [0.1, 0.15) is 77.6 Å². The number of hydrogen-bond acceptors (Lipinski definition) is 2. The molecule has 16 heavy (non-hydrogen) atoms. The van der Waals surface area contributed by atoms with E-state index in [1.807, 2.05) is 0 Å². The zero-order chi connectivity index (χ0) is 11.6. The van der Waals surface area contributed by atoms with Gasteiger partial charge in [0.25, 0.3) is 0 Å². The molecule has 0 aromatic heterocycles. The van der Waals surface area contributed by atoms with Gasteiger partial charge in [-0.15, -0.1) is 0 Å². The third kappa shape index (κ3) is 6.49. The molecule has 1 saturated carbocycles. The Labute approximate surface area is 101 Å². The van der Waals surface area contributed by atoms with E-state index in [0.717, 1.165) is 6.42 Å². The topological polar surface area (TPSA) is 38.0 Å². The van der Waals surface area contributed by atoms with Crippen LogP contribution in [-0.4, -0.2) is 12.2 Å². The maximum Gasteiger partial charge on any atom is 0.0548 e. The third-order valence-corrected chi connectivity index (χ3v) is 3.67. The van der Waals surface area contributed by atoms with E-state index in [1.54, 1.807) is 0 Å². The van der Waals surface area contributed by atoms with E-state index in [-0.39, 0.29) is 6.17 Å². The molecule has 0 bridgehead atoms. The predicted octanol–water partition coefficient (Wildman–Crippen LogP) is 3.55. The molecule has 0 saturated heterocycles. The lowest BCUT2D eigenvalue weighted by Crippen LogP contribution is -2.44. The van der Waals surface area contributed by atoms with Crippen molar-refractivity contribution in [3.8, 4) is 0 Å². The highest BCUT2D eigenvalue weighted by Gasteiger charge is 2.14. The van der Waals surface area contributed by atoms with Crippen LogP contribution in [0.25, 0.3) is 0 Å². The molecule has 0 spiro atoms. The van der Waals surface area contributed by atoms with Crippen molar-refractivity contribution in [1.29, 1.82) is 0 Å². The van der Waals surface area contributed by atoms with Crippen molar-refractivity contribution in [2.24, 2.45) is 5.73 Å². The van der Waals surface area contributed by atoms with E-state index in [9.17, 15) is 0 Å². The van der Waals surface area contributed by atoms with E-state index in [4.69, 9.17) is 5.73 Å². The summed E-state index contributed by atoms with van der Waals surface area (Å²) in [5, 5.41) is 3.59. The second-order valence-electron chi connectivity index (χ2n) is 5.31. The second kappa shape index (κ2) is 9.00. The van der Waals surface area contributed by atoms with Gasteiger partial charge in [0, 0.05) is 6.04 Å². The molecule has 96 valence electrons. The molecule has 0 radical (unpaired) electrons. The second-order valence-corrected chi connectivity index (χ2v) is 5.31. The molecule has 1 unspecified atom stereocenters. The molecular weight excluding hydrogens is 196 g/mol.